The van der Waals surface area contributed by atoms with Crippen molar-refractivity contribution in [3.8, 4) is 0 Å². The Hall–Kier alpha value is -2.95. The second-order valence-corrected chi connectivity index (χ2v) is 4.62. The number of hydrogen-bond acceptors (Lipinski definition) is 4. The van der Waals surface area contributed by atoms with Gasteiger partial charge in [-0.05, 0) is 49.4 Å². The maximum absolute atomic E-state index is 12.2. The molecule has 0 fully saturated rings. The normalized spacial score (nSPS) is 10.5. The number of Topliss-reactive ketones (excluding diaryl/α,β-unsaturated/α-hetero) is 1. The lowest BCUT2D eigenvalue weighted by Gasteiger charge is -2.05. The van der Waals surface area contributed by atoms with E-state index in [0.29, 0.717) is 27.9 Å². The number of benzene rings is 2. The van der Waals surface area contributed by atoms with Crippen LogP contribution in [0.4, 0.5) is 5.69 Å². The third-order valence-corrected chi connectivity index (χ3v) is 3.14. The molecule has 3 aromatic rings. The number of rotatable bonds is 3. The number of ketones is 1. The highest BCUT2D eigenvalue weighted by Gasteiger charge is 2.09. The van der Waals surface area contributed by atoms with Crippen LogP contribution in [0.15, 0.2) is 53.3 Å². The first-order valence-corrected chi connectivity index (χ1v) is 6.39. The van der Waals surface area contributed by atoms with Gasteiger partial charge in [-0.15, -0.1) is 0 Å². The van der Waals surface area contributed by atoms with E-state index in [0.717, 1.165) is 0 Å². The minimum Gasteiger partial charge on any atom is -0.443 e. The molecule has 5 heteroatoms. The summed E-state index contributed by atoms with van der Waals surface area (Å²) in [5, 5.41) is 2.77. The van der Waals surface area contributed by atoms with E-state index in [1.807, 2.05) is 0 Å². The topological polar surface area (TPSA) is 72.2 Å². The van der Waals surface area contributed by atoms with Crippen molar-refractivity contribution in [3.05, 3.63) is 60.0 Å². The third-order valence-electron chi connectivity index (χ3n) is 3.14. The lowest BCUT2D eigenvalue weighted by Crippen LogP contribution is -2.11. The first-order valence-electron chi connectivity index (χ1n) is 6.39. The number of anilines is 1. The number of amides is 1. The second kappa shape index (κ2) is 5.20. The van der Waals surface area contributed by atoms with E-state index >= 15 is 0 Å². The number of fused-ring (bicyclic) bond motifs is 1. The summed E-state index contributed by atoms with van der Waals surface area (Å²) in [6, 6.07) is 11.8. The number of nitrogens with zero attached hydrogens (tertiary/aromatic N) is 1. The van der Waals surface area contributed by atoms with Crippen molar-refractivity contribution in [2.45, 2.75) is 6.92 Å². The number of carbonyl (C=O) groups excluding carboxylic acids is 2. The minimum atomic E-state index is -0.240. The number of carbonyl (C=O) groups is 2. The van der Waals surface area contributed by atoms with Crippen molar-refractivity contribution >= 4 is 28.5 Å². The molecule has 1 N–H and O–H groups in total. The Morgan fingerprint density at radius 2 is 1.76 bits per heavy atom. The SMILES string of the molecule is CC(=O)c1ccc(NC(=O)c2ccc3ocnc3c2)cc1. The summed E-state index contributed by atoms with van der Waals surface area (Å²) < 4.78 is 5.13. The highest BCUT2D eigenvalue weighted by molar-refractivity contribution is 6.06. The molecule has 5 nitrogen and oxygen atoms in total. The predicted molar refractivity (Wildman–Crippen MR) is 78.4 cm³/mol. The van der Waals surface area contributed by atoms with Gasteiger partial charge in [0.1, 0.15) is 5.52 Å². The van der Waals surface area contributed by atoms with Crippen molar-refractivity contribution in [3.63, 3.8) is 0 Å². The van der Waals surface area contributed by atoms with E-state index in [9.17, 15) is 9.59 Å². The van der Waals surface area contributed by atoms with Gasteiger partial charge in [0.25, 0.3) is 5.91 Å². The summed E-state index contributed by atoms with van der Waals surface area (Å²) in [6.45, 7) is 1.50. The van der Waals surface area contributed by atoms with Gasteiger partial charge in [-0.2, -0.15) is 0 Å². The van der Waals surface area contributed by atoms with Crippen molar-refractivity contribution < 1.29 is 14.0 Å². The summed E-state index contributed by atoms with van der Waals surface area (Å²) in [6.07, 6.45) is 1.34. The Morgan fingerprint density at radius 3 is 2.48 bits per heavy atom. The molecule has 0 atom stereocenters. The zero-order valence-corrected chi connectivity index (χ0v) is 11.3. The maximum atomic E-state index is 12.2. The molecule has 0 saturated heterocycles. The summed E-state index contributed by atoms with van der Waals surface area (Å²) in [5.74, 6) is -0.250. The van der Waals surface area contributed by atoms with Crippen molar-refractivity contribution in [2.24, 2.45) is 0 Å². The molecular formula is C16H12N2O3. The van der Waals surface area contributed by atoms with Gasteiger partial charge in [0.15, 0.2) is 17.8 Å². The second-order valence-electron chi connectivity index (χ2n) is 4.62. The number of nitrogens with one attached hydrogen (secondary N) is 1. The number of oxazole rings is 1. The van der Waals surface area contributed by atoms with Crippen molar-refractivity contribution in [2.75, 3.05) is 5.32 Å². The van der Waals surface area contributed by atoms with Gasteiger partial charge in [0.05, 0.1) is 0 Å². The zero-order valence-electron chi connectivity index (χ0n) is 11.3. The van der Waals surface area contributed by atoms with Crippen molar-refractivity contribution in [1.82, 2.24) is 4.98 Å². The highest BCUT2D eigenvalue weighted by atomic mass is 16.3. The predicted octanol–water partition coefficient (Wildman–Crippen LogP) is 3.28. The average Bonchev–Trinajstić information content (AvgIpc) is 2.95. The van der Waals surface area contributed by atoms with E-state index in [-0.39, 0.29) is 11.7 Å². The minimum absolute atomic E-state index is 0.00985. The van der Waals surface area contributed by atoms with Crippen LogP contribution in [0.3, 0.4) is 0 Å². The molecule has 0 bridgehead atoms. The summed E-state index contributed by atoms with van der Waals surface area (Å²) in [7, 11) is 0. The molecular weight excluding hydrogens is 268 g/mol. The molecule has 1 heterocycles. The van der Waals surface area contributed by atoms with Crippen LogP contribution in [0, 0.1) is 0 Å². The Morgan fingerprint density at radius 1 is 1.05 bits per heavy atom. The van der Waals surface area contributed by atoms with Crippen LogP contribution in [0.5, 0.6) is 0 Å². The van der Waals surface area contributed by atoms with Crippen LogP contribution in [0.25, 0.3) is 11.1 Å². The fraction of sp³-hybridized carbons (Fsp3) is 0.0625. The third kappa shape index (κ3) is 2.67. The summed E-state index contributed by atoms with van der Waals surface area (Å²) in [5.41, 5.74) is 3.00. The smallest absolute Gasteiger partial charge is 0.255 e. The number of aromatic nitrogens is 1. The Bertz CT molecular complexity index is 819. The highest BCUT2D eigenvalue weighted by Crippen LogP contribution is 2.16. The quantitative estimate of drug-likeness (QED) is 0.747. The fourth-order valence-corrected chi connectivity index (χ4v) is 1.99. The van der Waals surface area contributed by atoms with Crippen LogP contribution >= 0.6 is 0 Å². The van der Waals surface area contributed by atoms with Crippen LogP contribution in [-0.4, -0.2) is 16.7 Å². The van der Waals surface area contributed by atoms with Crippen LogP contribution < -0.4 is 5.32 Å². The first kappa shape index (κ1) is 13.1. The van der Waals surface area contributed by atoms with Crippen LogP contribution in [0.1, 0.15) is 27.6 Å². The van der Waals surface area contributed by atoms with Gasteiger partial charge in [-0.1, -0.05) is 0 Å². The molecule has 2 aromatic carbocycles. The van der Waals surface area contributed by atoms with Gasteiger partial charge < -0.3 is 9.73 Å². The molecule has 0 aliphatic rings. The van der Waals surface area contributed by atoms with E-state index in [1.54, 1.807) is 42.5 Å². The van der Waals surface area contributed by atoms with Crippen molar-refractivity contribution in [1.29, 1.82) is 0 Å². The van der Waals surface area contributed by atoms with E-state index < -0.39 is 0 Å². The number of hydrogen-bond donors (Lipinski definition) is 1. The van der Waals surface area contributed by atoms with E-state index in [4.69, 9.17) is 4.42 Å². The maximum Gasteiger partial charge on any atom is 0.255 e. The van der Waals surface area contributed by atoms with Crippen LogP contribution in [-0.2, 0) is 0 Å². The monoisotopic (exact) mass is 280 g/mol. The van der Waals surface area contributed by atoms with E-state index in [1.165, 1.54) is 13.3 Å². The molecule has 0 unspecified atom stereocenters. The Labute approximate surface area is 120 Å². The molecule has 0 spiro atoms. The fourth-order valence-electron chi connectivity index (χ4n) is 1.99. The zero-order chi connectivity index (χ0) is 14.8. The lowest BCUT2D eigenvalue weighted by atomic mass is 10.1. The molecule has 0 aliphatic carbocycles. The Kier molecular flexibility index (Phi) is 3.23. The standard InChI is InChI=1S/C16H12N2O3/c1-10(19)11-2-5-13(6-3-11)18-16(20)12-4-7-15-14(8-12)17-9-21-15/h2-9H,1H3,(H,18,20). The van der Waals surface area contributed by atoms with Gasteiger partial charge in [-0.25, -0.2) is 4.98 Å². The molecule has 3 rings (SSSR count). The van der Waals surface area contributed by atoms with E-state index in [2.05, 4.69) is 10.3 Å². The molecule has 104 valence electrons. The molecule has 0 aliphatic heterocycles. The van der Waals surface area contributed by atoms with Gasteiger partial charge >= 0.3 is 0 Å². The molecule has 0 radical (unpaired) electrons. The molecule has 1 amide bonds. The van der Waals surface area contributed by atoms with Gasteiger partial charge in [-0.3, -0.25) is 9.59 Å². The molecule has 0 saturated carbocycles. The van der Waals surface area contributed by atoms with Crippen LogP contribution in [0.2, 0.25) is 0 Å². The largest absolute Gasteiger partial charge is 0.443 e. The molecule has 1 aromatic heterocycles. The molecule has 21 heavy (non-hydrogen) atoms. The average molecular weight is 280 g/mol. The summed E-state index contributed by atoms with van der Waals surface area (Å²) >= 11 is 0. The Balaban J connectivity index is 1.80. The van der Waals surface area contributed by atoms with Gasteiger partial charge in [0.2, 0.25) is 0 Å². The lowest BCUT2D eigenvalue weighted by molar-refractivity contribution is 0.101. The summed E-state index contributed by atoms with van der Waals surface area (Å²) in [4.78, 5) is 27.4. The first-order chi connectivity index (χ1) is 10.1. The van der Waals surface area contributed by atoms with Gasteiger partial charge in [0, 0.05) is 16.8 Å².